The first-order chi connectivity index (χ1) is 14.5. The van der Waals surface area contributed by atoms with Gasteiger partial charge in [0.15, 0.2) is 5.76 Å². The molecule has 0 saturated carbocycles. The summed E-state index contributed by atoms with van der Waals surface area (Å²) < 4.78 is 16.7. The number of carbonyl (C=O) groups excluding carboxylic acids is 1. The normalized spacial score (nSPS) is 13.6. The van der Waals surface area contributed by atoms with Crippen LogP contribution < -0.4 is 14.2 Å². The number of hydrogen-bond donors (Lipinski definition) is 0. The highest BCUT2D eigenvalue weighted by Gasteiger charge is 2.27. The molecule has 3 aromatic carbocycles. The average molecular weight is 403 g/mol. The Bertz CT molecular complexity index is 1150. The van der Waals surface area contributed by atoms with E-state index >= 15 is 0 Å². The van der Waals surface area contributed by atoms with Gasteiger partial charge >= 0.3 is 0 Å². The fourth-order valence-electron chi connectivity index (χ4n) is 3.03. The van der Waals surface area contributed by atoms with Crippen LogP contribution in [0.3, 0.4) is 0 Å². The number of fused-ring (bicyclic) bond motifs is 1. The van der Waals surface area contributed by atoms with Crippen LogP contribution in [0.5, 0.6) is 17.2 Å². The number of benzene rings is 3. The third kappa shape index (κ3) is 4.00. The summed E-state index contributed by atoms with van der Waals surface area (Å²) in [4.78, 5) is 22.9. The Hall–Kier alpha value is -4.13. The number of methoxy groups -OCH3 is 1. The quantitative estimate of drug-likeness (QED) is 0.334. The summed E-state index contributed by atoms with van der Waals surface area (Å²) in [6, 6.07) is 18.5. The van der Waals surface area contributed by atoms with Crippen molar-refractivity contribution < 1.29 is 23.9 Å². The van der Waals surface area contributed by atoms with Gasteiger partial charge < -0.3 is 14.2 Å². The van der Waals surface area contributed by atoms with Crippen LogP contribution in [0.2, 0.25) is 0 Å². The molecule has 0 N–H and O–H groups in total. The minimum absolute atomic E-state index is 0.0167. The van der Waals surface area contributed by atoms with E-state index in [9.17, 15) is 14.9 Å². The zero-order valence-electron chi connectivity index (χ0n) is 16.0. The van der Waals surface area contributed by atoms with Crippen molar-refractivity contribution >= 4 is 17.5 Å². The summed E-state index contributed by atoms with van der Waals surface area (Å²) in [5.74, 6) is 1.64. The molecule has 7 nitrogen and oxygen atoms in total. The van der Waals surface area contributed by atoms with Gasteiger partial charge in [-0.2, -0.15) is 0 Å². The molecule has 0 radical (unpaired) electrons. The van der Waals surface area contributed by atoms with Crippen molar-refractivity contribution in [3.63, 3.8) is 0 Å². The van der Waals surface area contributed by atoms with E-state index < -0.39 is 4.92 Å². The Morgan fingerprint density at radius 1 is 1.03 bits per heavy atom. The van der Waals surface area contributed by atoms with Gasteiger partial charge in [-0.3, -0.25) is 14.9 Å². The summed E-state index contributed by atoms with van der Waals surface area (Å²) in [6.45, 7) is 0.343. The zero-order chi connectivity index (χ0) is 21.1. The monoisotopic (exact) mass is 403 g/mol. The molecule has 0 amide bonds. The van der Waals surface area contributed by atoms with Crippen molar-refractivity contribution in [3.05, 3.63) is 99.3 Å². The van der Waals surface area contributed by atoms with Crippen LogP contribution >= 0.6 is 0 Å². The van der Waals surface area contributed by atoms with Crippen molar-refractivity contribution in [3.8, 4) is 17.2 Å². The molecule has 0 aromatic heterocycles. The lowest BCUT2D eigenvalue weighted by atomic mass is 10.1. The van der Waals surface area contributed by atoms with Crippen LogP contribution in [0, 0.1) is 10.1 Å². The molecule has 1 aliphatic rings. The summed E-state index contributed by atoms with van der Waals surface area (Å²) in [7, 11) is 1.61. The summed E-state index contributed by atoms with van der Waals surface area (Å²) >= 11 is 0. The van der Waals surface area contributed by atoms with Crippen molar-refractivity contribution in [1.82, 2.24) is 0 Å². The number of hydrogen-bond acceptors (Lipinski definition) is 6. The third-order valence-electron chi connectivity index (χ3n) is 4.58. The Kier molecular flexibility index (Phi) is 5.17. The number of nitro benzene ring substituents is 1. The van der Waals surface area contributed by atoms with Crippen LogP contribution in [0.4, 0.5) is 5.69 Å². The van der Waals surface area contributed by atoms with Crippen molar-refractivity contribution in [2.45, 2.75) is 6.61 Å². The fourth-order valence-corrected chi connectivity index (χ4v) is 3.03. The molecule has 150 valence electrons. The lowest BCUT2D eigenvalue weighted by Gasteiger charge is -2.08. The van der Waals surface area contributed by atoms with Crippen molar-refractivity contribution in [2.75, 3.05) is 7.11 Å². The molecule has 0 unspecified atom stereocenters. The maximum Gasteiger partial charge on any atom is 0.269 e. The van der Waals surface area contributed by atoms with E-state index in [-0.39, 0.29) is 17.2 Å². The second-order valence-electron chi connectivity index (χ2n) is 6.59. The number of non-ortho nitro benzene ring substituents is 1. The first kappa shape index (κ1) is 19.2. The van der Waals surface area contributed by atoms with E-state index in [0.29, 0.717) is 29.2 Å². The van der Waals surface area contributed by atoms with Gasteiger partial charge in [-0.1, -0.05) is 12.1 Å². The van der Waals surface area contributed by atoms with E-state index in [4.69, 9.17) is 14.2 Å². The van der Waals surface area contributed by atoms with Crippen LogP contribution in [0.1, 0.15) is 21.5 Å². The number of ketones is 1. The summed E-state index contributed by atoms with van der Waals surface area (Å²) in [5.41, 5.74) is 2.01. The first-order valence-corrected chi connectivity index (χ1v) is 9.12. The number of allylic oxidation sites excluding steroid dienone is 1. The van der Waals surface area contributed by atoms with Gasteiger partial charge in [0, 0.05) is 18.2 Å². The lowest BCUT2D eigenvalue weighted by molar-refractivity contribution is -0.384. The van der Waals surface area contributed by atoms with E-state index in [1.165, 1.54) is 12.1 Å². The highest BCUT2D eigenvalue weighted by Crippen LogP contribution is 2.35. The summed E-state index contributed by atoms with van der Waals surface area (Å²) in [6.07, 6.45) is 1.56. The van der Waals surface area contributed by atoms with Gasteiger partial charge in [0.2, 0.25) is 5.78 Å². The molecule has 0 saturated heterocycles. The molecule has 0 spiro atoms. The molecule has 1 heterocycles. The van der Waals surface area contributed by atoms with Gasteiger partial charge in [0.25, 0.3) is 5.69 Å². The Labute approximate surface area is 172 Å². The van der Waals surface area contributed by atoms with Gasteiger partial charge in [-0.15, -0.1) is 0 Å². The second-order valence-corrected chi connectivity index (χ2v) is 6.59. The first-order valence-electron chi connectivity index (χ1n) is 9.12. The van der Waals surface area contributed by atoms with Crippen LogP contribution in [0.25, 0.3) is 6.08 Å². The third-order valence-corrected chi connectivity index (χ3v) is 4.58. The standard InChI is InChI=1S/C23H17NO6/c1-28-18-4-2-3-16(11-18)14-29-19-9-10-20-21(13-19)30-22(23(20)25)12-15-5-7-17(8-6-15)24(26)27/h2-13H,14H2,1H3. The van der Waals surface area contributed by atoms with Crippen LogP contribution in [-0.4, -0.2) is 17.8 Å². The van der Waals surface area contributed by atoms with Crippen LogP contribution in [0.15, 0.2) is 72.5 Å². The van der Waals surface area contributed by atoms with Gasteiger partial charge in [0.1, 0.15) is 23.9 Å². The van der Waals surface area contributed by atoms with E-state index in [2.05, 4.69) is 0 Å². The molecule has 1 aliphatic heterocycles. The van der Waals surface area contributed by atoms with E-state index in [0.717, 1.165) is 11.3 Å². The molecule has 0 fully saturated rings. The number of nitro groups is 1. The number of rotatable bonds is 6. The lowest BCUT2D eigenvalue weighted by Crippen LogP contribution is -1.98. The Morgan fingerprint density at radius 3 is 2.57 bits per heavy atom. The Balaban J connectivity index is 1.48. The molecule has 0 atom stereocenters. The highest BCUT2D eigenvalue weighted by atomic mass is 16.6. The molecule has 7 heteroatoms. The molecule has 0 aliphatic carbocycles. The average Bonchev–Trinajstić information content (AvgIpc) is 3.07. The zero-order valence-corrected chi connectivity index (χ0v) is 16.0. The largest absolute Gasteiger partial charge is 0.497 e. The molecule has 3 aromatic rings. The van der Waals surface area contributed by atoms with Gasteiger partial charge in [0.05, 0.1) is 17.6 Å². The topological polar surface area (TPSA) is 87.9 Å². The minimum Gasteiger partial charge on any atom is -0.497 e. The molecule has 0 bridgehead atoms. The predicted molar refractivity (Wildman–Crippen MR) is 110 cm³/mol. The molecular weight excluding hydrogens is 386 g/mol. The Morgan fingerprint density at radius 2 is 1.83 bits per heavy atom. The minimum atomic E-state index is -0.475. The van der Waals surface area contributed by atoms with Crippen LogP contribution in [-0.2, 0) is 6.61 Å². The number of nitrogens with zero attached hydrogens (tertiary/aromatic N) is 1. The number of Topliss-reactive ketones (excluding diaryl/α,β-unsaturated/α-hetero) is 1. The predicted octanol–water partition coefficient (Wildman–Crippen LogP) is 4.80. The second kappa shape index (κ2) is 8.08. The molecule has 30 heavy (non-hydrogen) atoms. The van der Waals surface area contributed by atoms with Gasteiger partial charge in [-0.05, 0) is 53.6 Å². The van der Waals surface area contributed by atoms with Crippen molar-refractivity contribution in [2.24, 2.45) is 0 Å². The summed E-state index contributed by atoms with van der Waals surface area (Å²) in [5, 5.41) is 10.8. The maximum atomic E-state index is 12.6. The maximum absolute atomic E-state index is 12.6. The molecule has 4 rings (SSSR count). The SMILES string of the molecule is COc1cccc(COc2ccc3c(c2)OC(=Cc2ccc([N+](=O)[O-])cc2)C3=O)c1. The number of carbonyl (C=O) groups is 1. The van der Waals surface area contributed by atoms with E-state index in [1.54, 1.807) is 43.5 Å². The molecular formula is C23H17NO6. The van der Waals surface area contributed by atoms with Gasteiger partial charge in [-0.25, -0.2) is 0 Å². The highest BCUT2D eigenvalue weighted by molar-refractivity contribution is 6.14. The van der Waals surface area contributed by atoms with Crippen molar-refractivity contribution in [1.29, 1.82) is 0 Å². The van der Waals surface area contributed by atoms with E-state index in [1.807, 2.05) is 24.3 Å². The fraction of sp³-hybridized carbons (Fsp3) is 0.0870. The smallest absolute Gasteiger partial charge is 0.269 e. The number of ether oxygens (including phenoxy) is 3.